The normalized spacial score (nSPS) is 10.1. The molecule has 1 amide bonds. The maximum absolute atomic E-state index is 11.7. The molecule has 0 aliphatic heterocycles. The third kappa shape index (κ3) is 4.79. The van der Waals surface area contributed by atoms with Gasteiger partial charge in [-0.05, 0) is 30.7 Å². The van der Waals surface area contributed by atoms with E-state index in [-0.39, 0.29) is 5.91 Å². The minimum atomic E-state index is 0.0176. The molecule has 1 aromatic carbocycles. The van der Waals surface area contributed by atoms with E-state index < -0.39 is 0 Å². The summed E-state index contributed by atoms with van der Waals surface area (Å²) in [6.07, 6.45) is 4.72. The Kier molecular flexibility index (Phi) is 6.16. The zero-order valence-corrected chi connectivity index (χ0v) is 11.2. The van der Waals surface area contributed by atoms with E-state index in [1.54, 1.807) is 0 Å². The Labute approximate surface area is 106 Å². The first-order chi connectivity index (χ1) is 7.74. The summed E-state index contributed by atoms with van der Waals surface area (Å²) < 4.78 is 0.993. The fourth-order valence-electron chi connectivity index (χ4n) is 1.46. The van der Waals surface area contributed by atoms with E-state index in [0.29, 0.717) is 0 Å². The van der Waals surface area contributed by atoms with Crippen LogP contribution < -0.4 is 5.32 Å². The third-order valence-electron chi connectivity index (χ3n) is 2.42. The second-order valence-electron chi connectivity index (χ2n) is 3.82. The summed E-state index contributed by atoms with van der Waals surface area (Å²) in [4.78, 5) is 11.7. The lowest BCUT2D eigenvalue weighted by atomic mass is 10.2. The van der Waals surface area contributed by atoms with Crippen molar-refractivity contribution in [3.63, 3.8) is 0 Å². The molecule has 0 aliphatic rings. The van der Waals surface area contributed by atoms with Gasteiger partial charge in [-0.2, -0.15) is 0 Å². The summed E-state index contributed by atoms with van der Waals surface area (Å²) in [6, 6.07) is 7.41. The molecule has 16 heavy (non-hydrogen) atoms. The number of amides is 1. The Hall–Kier alpha value is -0.830. The molecule has 0 radical (unpaired) electrons. The van der Waals surface area contributed by atoms with Crippen molar-refractivity contribution >= 4 is 21.8 Å². The number of benzene rings is 1. The van der Waals surface area contributed by atoms with Crippen LogP contribution in [0.3, 0.4) is 0 Å². The number of hydrogen-bond acceptors (Lipinski definition) is 1. The van der Waals surface area contributed by atoms with E-state index in [1.807, 2.05) is 24.3 Å². The second-order valence-corrected chi connectivity index (χ2v) is 4.74. The third-order valence-corrected chi connectivity index (χ3v) is 2.95. The topological polar surface area (TPSA) is 29.1 Å². The molecule has 0 heterocycles. The maximum Gasteiger partial charge on any atom is 0.251 e. The average Bonchev–Trinajstić information content (AvgIpc) is 2.29. The van der Waals surface area contributed by atoms with E-state index >= 15 is 0 Å². The van der Waals surface area contributed by atoms with E-state index in [9.17, 15) is 4.79 Å². The summed E-state index contributed by atoms with van der Waals surface area (Å²) in [5.41, 5.74) is 0.721. The van der Waals surface area contributed by atoms with Crippen LogP contribution in [0, 0.1) is 0 Å². The van der Waals surface area contributed by atoms with E-state index in [1.165, 1.54) is 19.3 Å². The molecular formula is C13H18BrNO. The van der Waals surface area contributed by atoms with E-state index in [0.717, 1.165) is 23.0 Å². The quantitative estimate of drug-likeness (QED) is 0.792. The molecule has 0 unspecified atom stereocenters. The Morgan fingerprint density at radius 1 is 1.19 bits per heavy atom. The molecule has 1 N–H and O–H groups in total. The largest absolute Gasteiger partial charge is 0.352 e. The molecule has 0 bridgehead atoms. The fourth-order valence-corrected chi connectivity index (χ4v) is 1.72. The highest BCUT2D eigenvalue weighted by molar-refractivity contribution is 9.10. The van der Waals surface area contributed by atoms with Gasteiger partial charge in [0.1, 0.15) is 0 Å². The lowest BCUT2D eigenvalue weighted by molar-refractivity contribution is 0.0953. The first-order valence-corrected chi connectivity index (χ1v) is 6.57. The molecular weight excluding hydrogens is 266 g/mol. The SMILES string of the molecule is CCCCCCNC(=O)c1ccc(Br)cc1. The van der Waals surface area contributed by atoms with Gasteiger partial charge in [-0.1, -0.05) is 42.1 Å². The van der Waals surface area contributed by atoms with Crippen molar-refractivity contribution in [1.82, 2.24) is 5.32 Å². The van der Waals surface area contributed by atoms with Crippen molar-refractivity contribution in [1.29, 1.82) is 0 Å². The fraction of sp³-hybridized carbons (Fsp3) is 0.462. The summed E-state index contributed by atoms with van der Waals surface area (Å²) in [7, 11) is 0. The second kappa shape index (κ2) is 7.44. The van der Waals surface area contributed by atoms with Gasteiger partial charge >= 0.3 is 0 Å². The molecule has 0 saturated heterocycles. The minimum Gasteiger partial charge on any atom is -0.352 e. The Balaban J connectivity index is 2.27. The Morgan fingerprint density at radius 2 is 1.88 bits per heavy atom. The molecule has 0 aromatic heterocycles. The minimum absolute atomic E-state index is 0.0176. The van der Waals surface area contributed by atoms with Gasteiger partial charge in [0.25, 0.3) is 5.91 Å². The van der Waals surface area contributed by atoms with Crippen molar-refractivity contribution in [3.05, 3.63) is 34.3 Å². The molecule has 3 heteroatoms. The summed E-state index contributed by atoms with van der Waals surface area (Å²) in [5, 5.41) is 2.92. The van der Waals surface area contributed by atoms with Crippen molar-refractivity contribution in [3.8, 4) is 0 Å². The molecule has 1 aromatic rings. The number of nitrogens with one attached hydrogen (secondary N) is 1. The first-order valence-electron chi connectivity index (χ1n) is 5.78. The summed E-state index contributed by atoms with van der Waals surface area (Å²) in [6.45, 7) is 2.95. The molecule has 2 nitrogen and oxygen atoms in total. The van der Waals surface area contributed by atoms with Gasteiger partial charge in [0.15, 0.2) is 0 Å². The smallest absolute Gasteiger partial charge is 0.251 e. The van der Waals surface area contributed by atoms with Crippen LogP contribution in [-0.4, -0.2) is 12.5 Å². The van der Waals surface area contributed by atoms with Crippen LogP contribution in [0.4, 0.5) is 0 Å². The lowest BCUT2D eigenvalue weighted by Gasteiger charge is -2.04. The van der Waals surface area contributed by atoms with Gasteiger partial charge in [0, 0.05) is 16.6 Å². The average molecular weight is 284 g/mol. The highest BCUT2D eigenvalue weighted by Gasteiger charge is 2.03. The zero-order valence-electron chi connectivity index (χ0n) is 9.63. The Bertz CT molecular complexity index is 321. The number of hydrogen-bond donors (Lipinski definition) is 1. The monoisotopic (exact) mass is 283 g/mol. The maximum atomic E-state index is 11.7. The number of carbonyl (C=O) groups is 1. The van der Waals surface area contributed by atoms with Crippen LogP contribution in [0.1, 0.15) is 43.0 Å². The number of halogens is 1. The van der Waals surface area contributed by atoms with E-state index in [2.05, 4.69) is 28.2 Å². The molecule has 88 valence electrons. The van der Waals surface area contributed by atoms with Crippen LogP contribution in [-0.2, 0) is 0 Å². The van der Waals surface area contributed by atoms with Crippen LogP contribution in [0.2, 0.25) is 0 Å². The predicted octanol–water partition coefficient (Wildman–Crippen LogP) is 3.76. The highest BCUT2D eigenvalue weighted by Crippen LogP contribution is 2.10. The van der Waals surface area contributed by atoms with Gasteiger partial charge < -0.3 is 5.32 Å². The number of rotatable bonds is 6. The van der Waals surface area contributed by atoms with Gasteiger partial charge in [-0.15, -0.1) is 0 Å². The standard InChI is InChI=1S/C13H18BrNO/c1-2-3-4-5-10-15-13(16)11-6-8-12(14)9-7-11/h6-9H,2-5,10H2,1H3,(H,15,16). The van der Waals surface area contributed by atoms with E-state index in [4.69, 9.17) is 0 Å². The van der Waals surface area contributed by atoms with Gasteiger partial charge in [0.2, 0.25) is 0 Å². The van der Waals surface area contributed by atoms with Crippen molar-refractivity contribution in [2.24, 2.45) is 0 Å². The van der Waals surface area contributed by atoms with Crippen LogP contribution in [0.25, 0.3) is 0 Å². The number of carbonyl (C=O) groups excluding carboxylic acids is 1. The van der Waals surface area contributed by atoms with Crippen molar-refractivity contribution in [2.45, 2.75) is 32.6 Å². The lowest BCUT2D eigenvalue weighted by Crippen LogP contribution is -2.24. The Morgan fingerprint density at radius 3 is 2.50 bits per heavy atom. The molecule has 0 spiro atoms. The van der Waals surface area contributed by atoms with Crippen LogP contribution >= 0.6 is 15.9 Å². The van der Waals surface area contributed by atoms with Crippen molar-refractivity contribution in [2.75, 3.05) is 6.54 Å². The molecule has 0 saturated carbocycles. The molecule has 1 rings (SSSR count). The molecule has 0 fully saturated rings. The van der Waals surface area contributed by atoms with Gasteiger partial charge in [-0.25, -0.2) is 0 Å². The van der Waals surface area contributed by atoms with Gasteiger partial charge in [0.05, 0.1) is 0 Å². The molecule has 0 atom stereocenters. The van der Waals surface area contributed by atoms with Crippen LogP contribution in [0.5, 0.6) is 0 Å². The highest BCUT2D eigenvalue weighted by atomic mass is 79.9. The summed E-state index contributed by atoms with van der Waals surface area (Å²) >= 11 is 3.34. The number of unbranched alkanes of at least 4 members (excludes halogenated alkanes) is 3. The first kappa shape index (κ1) is 13.2. The zero-order chi connectivity index (χ0) is 11.8. The summed E-state index contributed by atoms with van der Waals surface area (Å²) in [5.74, 6) is 0.0176. The van der Waals surface area contributed by atoms with Gasteiger partial charge in [-0.3, -0.25) is 4.79 Å². The predicted molar refractivity (Wildman–Crippen MR) is 70.6 cm³/mol. The molecule has 0 aliphatic carbocycles. The van der Waals surface area contributed by atoms with Crippen molar-refractivity contribution < 1.29 is 4.79 Å². The van der Waals surface area contributed by atoms with Crippen LogP contribution in [0.15, 0.2) is 28.7 Å².